The molecule has 0 unspecified atom stereocenters. The Morgan fingerprint density at radius 2 is 1.91 bits per heavy atom. The van der Waals surface area contributed by atoms with E-state index in [4.69, 9.17) is 21.1 Å². The molecule has 1 aromatic heterocycles. The summed E-state index contributed by atoms with van der Waals surface area (Å²) in [7, 11) is 0. The number of rotatable bonds is 2. The zero-order valence-electron chi connectivity index (χ0n) is 13.1. The Bertz CT molecular complexity index is 611. The fourth-order valence-electron chi connectivity index (χ4n) is 1.43. The van der Waals surface area contributed by atoms with Gasteiger partial charge in [-0.3, -0.25) is 0 Å². The van der Waals surface area contributed by atoms with Crippen LogP contribution in [-0.4, -0.2) is 27.8 Å². The van der Waals surface area contributed by atoms with E-state index in [-0.39, 0.29) is 16.7 Å². The van der Waals surface area contributed by atoms with Crippen molar-refractivity contribution in [2.24, 2.45) is 0 Å². The number of aryl methyl sites for hydroxylation is 1. The van der Waals surface area contributed by atoms with Crippen molar-refractivity contribution in [2.75, 3.05) is 4.90 Å². The Kier molecular flexibility index (Phi) is 5.48. The van der Waals surface area contributed by atoms with Crippen LogP contribution < -0.4 is 4.90 Å². The van der Waals surface area contributed by atoms with E-state index in [0.29, 0.717) is 10.6 Å². The van der Waals surface area contributed by atoms with E-state index >= 15 is 0 Å². The number of aromatic nitrogens is 2. The van der Waals surface area contributed by atoms with E-state index in [0.717, 1.165) is 0 Å². The van der Waals surface area contributed by atoms with Crippen LogP contribution in [-0.2, 0) is 9.47 Å². The highest BCUT2D eigenvalue weighted by Crippen LogP contribution is 2.23. The minimum absolute atomic E-state index is 0.00124. The second-order valence-electron chi connectivity index (χ2n) is 5.50. The maximum atomic E-state index is 12.3. The molecule has 0 aliphatic carbocycles. The summed E-state index contributed by atoms with van der Waals surface area (Å²) in [5.74, 6) is 0.131. The van der Waals surface area contributed by atoms with Gasteiger partial charge in [0.1, 0.15) is 5.60 Å². The van der Waals surface area contributed by atoms with Gasteiger partial charge in [0.05, 0.1) is 23.3 Å². The van der Waals surface area contributed by atoms with Crippen LogP contribution in [0.5, 0.6) is 0 Å². The van der Waals surface area contributed by atoms with Crippen molar-refractivity contribution in [2.45, 2.75) is 40.2 Å². The summed E-state index contributed by atoms with van der Waals surface area (Å²) in [5, 5.41) is -0.00124. The van der Waals surface area contributed by atoms with Gasteiger partial charge in [-0.1, -0.05) is 6.58 Å². The van der Waals surface area contributed by atoms with Crippen molar-refractivity contribution in [1.29, 1.82) is 0 Å². The van der Waals surface area contributed by atoms with E-state index in [1.807, 2.05) is 0 Å². The van der Waals surface area contributed by atoms with Gasteiger partial charge in [0, 0.05) is 0 Å². The van der Waals surface area contributed by atoms with Crippen LogP contribution in [0.25, 0.3) is 0 Å². The van der Waals surface area contributed by atoms with Gasteiger partial charge in [-0.05, 0) is 46.2 Å². The number of nitrogens with zero attached hydrogens (tertiary/aromatic N) is 3. The number of amides is 2. The molecule has 8 heteroatoms. The van der Waals surface area contributed by atoms with Gasteiger partial charge in [-0.15, -0.1) is 0 Å². The Labute approximate surface area is 133 Å². The number of halogens is 1. The number of anilines is 1. The third-order valence-electron chi connectivity index (χ3n) is 2.19. The highest BCUT2D eigenvalue weighted by Gasteiger charge is 2.32. The van der Waals surface area contributed by atoms with Crippen molar-refractivity contribution in [3.05, 3.63) is 29.5 Å². The standard InChI is InChI=1S/C14H18ClN3O4/c1-8(2)21-12(19)18(13(20)22-14(4,5)6)10-7-16-11(15)17-9(10)3/h7H,1H2,2-6H3. The lowest BCUT2D eigenvalue weighted by Crippen LogP contribution is -2.41. The molecule has 7 nitrogen and oxygen atoms in total. The van der Waals surface area contributed by atoms with Crippen LogP contribution in [0, 0.1) is 6.92 Å². The molecule has 0 saturated heterocycles. The summed E-state index contributed by atoms with van der Waals surface area (Å²) >= 11 is 5.68. The SMILES string of the molecule is C=C(C)OC(=O)N(C(=O)OC(C)(C)C)c1cnc(Cl)nc1C. The van der Waals surface area contributed by atoms with Crippen LogP contribution in [0.1, 0.15) is 33.4 Å². The molecule has 0 bridgehead atoms. The predicted molar refractivity (Wildman–Crippen MR) is 81.8 cm³/mol. The van der Waals surface area contributed by atoms with E-state index in [2.05, 4.69) is 16.5 Å². The van der Waals surface area contributed by atoms with Crippen LogP contribution in [0.15, 0.2) is 18.5 Å². The molecular weight excluding hydrogens is 310 g/mol. The molecule has 22 heavy (non-hydrogen) atoms. The van der Waals surface area contributed by atoms with E-state index < -0.39 is 17.8 Å². The fourth-order valence-corrected chi connectivity index (χ4v) is 1.60. The quantitative estimate of drug-likeness (QED) is 0.606. The monoisotopic (exact) mass is 327 g/mol. The van der Waals surface area contributed by atoms with Gasteiger partial charge in [0.25, 0.3) is 0 Å². The molecule has 0 aliphatic heterocycles. The third-order valence-corrected chi connectivity index (χ3v) is 2.37. The summed E-state index contributed by atoms with van der Waals surface area (Å²) in [5.41, 5.74) is -0.352. The highest BCUT2D eigenvalue weighted by molar-refractivity contribution is 6.28. The maximum Gasteiger partial charge on any atom is 0.429 e. The molecule has 1 heterocycles. The summed E-state index contributed by atoms with van der Waals surface area (Å²) in [4.78, 5) is 32.9. The Morgan fingerprint density at radius 1 is 1.32 bits per heavy atom. The van der Waals surface area contributed by atoms with Crippen LogP contribution in [0.3, 0.4) is 0 Å². The Morgan fingerprint density at radius 3 is 2.36 bits per heavy atom. The zero-order chi connectivity index (χ0) is 17.1. The second kappa shape index (κ2) is 6.74. The molecule has 120 valence electrons. The molecule has 1 aromatic rings. The number of hydrogen-bond acceptors (Lipinski definition) is 6. The first kappa shape index (κ1) is 17.9. The normalized spacial score (nSPS) is 10.8. The van der Waals surface area contributed by atoms with Gasteiger partial charge in [-0.2, -0.15) is 4.90 Å². The van der Waals surface area contributed by atoms with Crippen molar-refractivity contribution in [1.82, 2.24) is 9.97 Å². The molecule has 0 N–H and O–H groups in total. The molecule has 0 atom stereocenters. The molecule has 2 amide bonds. The predicted octanol–water partition coefficient (Wildman–Crippen LogP) is 3.85. The second-order valence-corrected chi connectivity index (χ2v) is 5.83. The smallest absolute Gasteiger partial charge is 0.429 e. The lowest BCUT2D eigenvalue weighted by atomic mass is 10.2. The number of hydrogen-bond donors (Lipinski definition) is 0. The minimum Gasteiger partial charge on any atom is -0.443 e. The average molecular weight is 328 g/mol. The molecule has 0 radical (unpaired) electrons. The topological polar surface area (TPSA) is 81.6 Å². The largest absolute Gasteiger partial charge is 0.443 e. The Balaban J connectivity index is 3.24. The van der Waals surface area contributed by atoms with Gasteiger partial charge in [-0.25, -0.2) is 19.6 Å². The Hall–Kier alpha value is -2.15. The molecule has 0 aliphatic rings. The van der Waals surface area contributed by atoms with Crippen LogP contribution in [0.4, 0.5) is 15.3 Å². The fraction of sp³-hybridized carbons (Fsp3) is 0.429. The van der Waals surface area contributed by atoms with Crippen molar-refractivity contribution >= 4 is 29.5 Å². The van der Waals surface area contributed by atoms with Crippen LogP contribution in [0.2, 0.25) is 5.28 Å². The van der Waals surface area contributed by atoms with Gasteiger partial charge >= 0.3 is 12.2 Å². The summed E-state index contributed by atoms with van der Waals surface area (Å²) in [6, 6.07) is 0. The lowest BCUT2D eigenvalue weighted by Gasteiger charge is -2.26. The third kappa shape index (κ3) is 5.00. The maximum absolute atomic E-state index is 12.3. The van der Waals surface area contributed by atoms with Gasteiger partial charge in [0.2, 0.25) is 5.28 Å². The molecule has 1 rings (SSSR count). The zero-order valence-corrected chi connectivity index (χ0v) is 13.9. The average Bonchev–Trinajstić information content (AvgIpc) is 2.28. The first-order chi connectivity index (χ1) is 10.0. The molecule has 0 fully saturated rings. The summed E-state index contributed by atoms with van der Waals surface area (Å²) in [6.45, 7) is 11.6. The first-order valence-electron chi connectivity index (χ1n) is 6.41. The number of imide groups is 1. The van der Waals surface area contributed by atoms with Crippen molar-refractivity contribution in [3.8, 4) is 0 Å². The molecular formula is C14H18ClN3O4. The van der Waals surface area contributed by atoms with Crippen molar-refractivity contribution < 1.29 is 19.1 Å². The number of carbonyl (C=O) groups excluding carboxylic acids is 2. The molecule has 0 aromatic carbocycles. The number of allylic oxidation sites excluding steroid dienone is 1. The van der Waals surface area contributed by atoms with Crippen molar-refractivity contribution in [3.63, 3.8) is 0 Å². The number of ether oxygens (including phenoxy) is 2. The highest BCUT2D eigenvalue weighted by atomic mass is 35.5. The molecule has 0 saturated carbocycles. The van der Waals surface area contributed by atoms with E-state index in [1.54, 1.807) is 27.7 Å². The van der Waals surface area contributed by atoms with E-state index in [1.165, 1.54) is 13.1 Å². The number of carbonyl (C=O) groups is 2. The van der Waals surface area contributed by atoms with Gasteiger partial charge in [0.15, 0.2) is 0 Å². The van der Waals surface area contributed by atoms with Crippen LogP contribution >= 0.6 is 11.6 Å². The summed E-state index contributed by atoms with van der Waals surface area (Å²) < 4.78 is 10.1. The van der Waals surface area contributed by atoms with E-state index in [9.17, 15) is 9.59 Å². The lowest BCUT2D eigenvalue weighted by molar-refractivity contribution is 0.0577. The molecule has 0 spiro atoms. The van der Waals surface area contributed by atoms with Gasteiger partial charge < -0.3 is 9.47 Å². The summed E-state index contributed by atoms with van der Waals surface area (Å²) in [6.07, 6.45) is -0.627. The minimum atomic E-state index is -0.962. The first-order valence-corrected chi connectivity index (χ1v) is 6.78.